The third-order valence-electron chi connectivity index (χ3n) is 3.33. The van der Waals surface area contributed by atoms with Crippen molar-refractivity contribution in [3.05, 3.63) is 74.6 Å². The number of hydrogen-bond acceptors (Lipinski definition) is 5. The number of aromatic nitrogens is 6. The van der Waals surface area contributed by atoms with Crippen molar-refractivity contribution in [1.82, 2.24) is 28.9 Å². The summed E-state index contributed by atoms with van der Waals surface area (Å²) in [6, 6.07) is 1.00. The van der Waals surface area contributed by atoms with Crippen LogP contribution in [0.25, 0.3) is 0 Å². The van der Waals surface area contributed by atoms with Crippen LogP contribution in [0.5, 0.6) is 0 Å². The number of hydrogen-bond donors (Lipinski definition) is 0. The van der Waals surface area contributed by atoms with Crippen LogP contribution in [0.4, 0.5) is 13.2 Å². The minimum atomic E-state index is -1.35. The standard InChI is InChI=1S/C14H11F3N6O2/c1-21-6-18-12(20-21)5-23-13(24)19-7-22(14(23)25)4-8-2-10(16)11(17)3-9(8)15/h2-3,6-7H,4-5H2,1H3/i1D. The van der Waals surface area contributed by atoms with Crippen LogP contribution in [-0.2, 0) is 20.1 Å². The first-order valence-corrected chi connectivity index (χ1v) is 6.86. The van der Waals surface area contributed by atoms with Gasteiger partial charge in [0.25, 0.3) is 0 Å². The third kappa shape index (κ3) is 3.34. The van der Waals surface area contributed by atoms with Crippen molar-refractivity contribution in [1.29, 1.82) is 0 Å². The molecule has 130 valence electrons. The summed E-state index contributed by atoms with van der Waals surface area (Å²) >= 11 is 0. The van der Waals surface area contributed by atoms with Gasteiger partial charge in [0.1, 0.15) is 18.5 Å². The summed E-state index contributed by atoms with van der Waals surface area (Å²) in [5.41, 5.74) is -2.01. The molecule has 2 heterocycles. The van der Waals surface area contributed by atoms with E-state index in [-0.39, 0.29) is 25.0 Å². The van der Waals surface area contributed by atoms with Gasteiger partial charge in [0.05, 0.1) is 13.1 Å². The van der Waals surface area contributed by atoms with E-state index in [4.69, 9.17) is 1.37 Å². The van der Waals surface area contributed by atoms with Crippen LogP contribution >= 0.6 is 0 Å². The summed E-state index contributed by atoms with van der Waals surface area (Å²) in [7, 11) is -0.186. The first kappa shape index (κ1) is 15.3. The van der Waals surface area contributed by atoms with E-state index in [0.29, 0.717) is 16.7 Å². The zero-order chi connectivity index (χ0) is 18.8. The smallest absolute Gasteiger partial charge is 0.279 e. The zero-order valence-corrected chi connectivity index (χ0v) is 12.6. The number of nitrogens with zero attached hydrogens (tertiary/aromatic N) is 6. The van der Waals surface area contributed by atoms with Gasteiger partial charge in [-0.1, -0.05) is 0 Å². The van der Waals surface area contributed by atoms with Gasteiger partial charge in [-0.05, 0) is 6.07 Å². The molecule has 0 aliphatic rings. The lowest BCUT2D eigenvalue weighted by Crippen LogP contribution is -2.41. The fourth-order valence-electron chi connectivity index (χ4n) is 2.13. The fourth-order valence-corrected chi connectivity index (χ4v) is 2.13. The maximum absolute atomic E-state index is 13.8. The zero-order valence-electron chi connectivity index (χ0n) is 13.6. The van der Waals surface area contributed by atoms with Gasteiger partial charge >= 0.3 is 11.4 Å². The first-order valence-electron chi connectivity index (χ1n) is 7.57. The molecule has 0 aliphatic carbocycles. The van der Waals surface area contributed by atoms with Gasteiger partial charge in [-0.15, -0.1) is 0 Å². The molecule has 8 nitrogen and oxygen atoms in total. The van der Waals surface area contributed by atoms with Gasteiger partial charge in [0.15, 0.2) is 17.5 Å². The van der Waals surface area contributed by atoms with E-state index < -0.39 is 35.4 Å². The minimum Gasteiger partial charge on any atom is -0.279 e. The van der Waals surface area contributed by atoms with Gasteiger partial charge in [0.2, 0.25) is 0 Å². The lowest BCUT2D eigenvalue weighted by atomic mass is 10.2. The molecule has 11 heteroatoms. The molecule has 0 unspecified atom stereocenters. The Labute approximate surface area is 139 Å². The van der Waals surface area contributed by atoms with E-state index in [2.05, 4.69) is 15.1 Å². The molecule has 0 fully saturated rings. The second-order valence-electron chi connectivity index (χ2n) is 5.08. The Morgan fingerprint density at radius 2 is 1.80 bits per heavy atom. The summed E-state index contributed by atoms with van der Waals surface area (Å²) in [6.07, 6.45) is 2.15. The molecule has 0 bridgehead atoms. The van der Waals surface area contributed by atoms with E-state index in [1.807, 2.05) is 0 Å². The predicted molar refractivity (Wildman–Crippen MR) is 78.3 cm³/mol. The number of benzene rings is 1. The van der Waals surface area contributed by atoms with Crippen molar-refractivity contribution in [2.75, 3.05) is 0 Å². The lowest BCUT2D eigenvalue weighted by molar-refractivity contribution is 0.484. The van der Waals surface area contributed by atoms with Crippen molar-refractivity contribution < 1.29 is 14.5 Å². The van der Waals surface area contributed by atoms with Crippen molar-refractivity contribution in [2.24, 2.45) is 7.02 Å². The van der Waals surface area contributed by atoms with Crippen LogP contribution in [0.1, 0.15) is 12.8 Å². The minimum absolute atomic E-state index is 0.106. The van der Waals surface area contributed by atoms with Gasteiger partial charge < -0.3 is 0 Å². The largest absolute Gasteiger partial charge is 0.353 e. The molecular formula is C14H11F3N6O2. The van der Waals surface area contributed by atoms with Gasteiger partial charge in [-0.25, -0.2) is 32.3 Å². The van der Waals surface area contributed by atoms with Crippen molar-refractivity contribution in [3.63, 3.8) is 0 Å². The molecule has 0 atom stereocenters. The van der Waals surface area contributed by atoms with Gasteiger partial charge in [0, 0.05) is 20.0 Å². The summed E-state index contributed by atoms with van der Waals surface area (Å²) in [6.45, 7) is -0.761. The van der Waals surface area contributed by atoms with E-state index in [0.717, 1.165) is 10.9 Å². The highest BCUT2D eigenvalue weighted by atomic mass is 19.2. The average Bonchev–Trinajstić information content (AvgIpc) is 3.06. The summed E-state index contributed by atoms with van der Waals surface area (Å²) in [5, 5.41) is 3.89. The molecule has 0 amide bonds. The highest BCUT2D eigenvalue weighted by molar-refractivity contribution is 5.20. The Bertz CT molecular complexity index is 1080. The monoisotopic (exact) mass is 353 g/mol. The maximum atomic E-state index is 13.8. The normalized spacial score (nSPS) is 11.6. The molecule has 3 aromatic rings. The molecule has 2 aromatic heterocycles. The number of rotatable bonds is 4. The number of halogens is 3. The van der Waals surface area contributed by atoms with Gasteiger partial charge in [-0.2, -0.15) is 10.1 Å². The Balaban J connectivity index is 1.96. The Hall–Kier alpha value is -3.24. The first-order chi connectivity index (χ1) is 12.4. The Morgan fingerprint density at radius 1 is 1.04 bits per heavy atom. The van der Waals surface area contributed by atoms with Crippen molar-refractivity contribution in [3.8, 4) is 0 Å². The van der Waals surface area contributed by atoms with Crippen molar-refractivity contribution >= 4 is 0 Å². The maximum Gasteiger partial charge on any atom is 0.353 e. The van der Waals surface area contributed by atoms with E-state index >= 15 is 0 Å². The third-order valence-corrected chi connectivity index (χ3v) is 3.33. The molecule has 25 heavy (non-hydrogen) atoms. The predicted octanol–water partition coefficient (Wildman–Crippen LogP) is 0.0474. The van der Waals surface area contributed by atoms with Crippen LogP contribution in [0.3, 0.4) is 0 Å². The van der Waals surface area contributed by atoms with Gasteiger partial charge in [-0.3, -0.25) is 9.25 Å². The molecule has 3 rings (SSSR count). The van der Waals surface area contributed by atoms with E-state index in [1.54, 1.807) is 0 Å². The van der Waals surface area contributed by atoms with E-state index in [9.17, 15) is 22.8 Å². The summed E-state index contributed by atoms with van der Waals surface area (Å²) in [5.74, 6) is -3.54. The summed E-state index contributed by atoms with van der Waals surface area (Å²) in [4.78, 5) is 31.6. The van der Waals surface area contributed by atoms with Crippen LogP contribution < -0.4 is 11.4 Å². The Morgan fingerprint density at radius 3 is 2.52 bits per heavy atom. The highest BCUT2D eigenvalue weighted by Crippen LogP contribution is 2.14. The van der Waals surface area contributed by atoms with Crippen LogP contribution in [0.15, 0.2) is 34.4 Å². The van der Waals surface area contributed by atoms with Crippen LogP contribution in [0.2, 0.25) is 0 Å². The second kappa shape index (κ2) is 6.34. The summed E-state index contributed by atoms with van der Waals surface area (Å²) < 4.78 is 50.0. The quantitative estimate of drug-likeness (QED) is 0.619. The van der Waals surface area contributed by atoms with Crippen LogP contribution in [0, 0.1) is 17.5 Å². The van der Waals surface area contributed by atoms with Crippen molar-refractivity contribution in [2.45, 2.75) is 13.1 Å². The second-order valence-corrected chi connectivity index (χ2v) is 5.08. The lowest BCUT2D eigenvalue weighted by Gasteiger charge is -2.09. The molecule has 0 spiro atoms. The topological polar surface area (TPSA) is 87.6 Å². The van der Waals surface area contributed by atoms with E-state index in [1.165, 1.54) is 11.0 Å². The molecule has 0 saturated carbocycles. The molecule has 0 saturated heterocycles. The number of aryl methyl sites for hydroxylation is 1. The fraction of sp³-hybridized carbons (Fsp3) is 0.214. The molecular weight excluding hydrogens is 341 g/mol. The molecule has 0 aliphatic heterocycles. The Kier molecular flexibility index (Phi) is 3.88. The SMILES string of the molecule is [2H]Cn1cnc(Cn2c(=O)ncn(Cc3cc(F)c(F)cc3F)c2=O)n1. The average molecular weight is 353 g/mol. The molecule has 1 aromatic carbocycles. The molecule has 0 radical (unpaired) electrons. The van der Waals surface area contributed by atoms with Crippen LogP contribution in [-0.4, -0.2) is 28.9 Å². The molecule has 0 N–H and O–H groups in total. The highest BCUT2D eigenvalue weighted by Gasteiger charge is 2.14.